The number of rotatable bonds is 4. The van der Waals surface area contributed by atoms with Crippen molar-refractivity contribution in [2.24, 2.45) is 0 Å². The fraction of sp³-hybridized carbons (Fsp3) is 0.278. The van der Waals surface area contributed by atoms with Crippen molar-refractivity contribution >= 4 is 27.3 Å². The fourth-order valence-corrected chi connectivity index (χ4v) is 4.35. The van der Waals surface area contributed by atoms with Crippen LogP contribution in [0.25, 0.3) is 0 Å². The normalized spacial score (nSPS) is 14.9. The Morgan fingerprint density at radius 1 is 1.16 bits per heavy atom. The number of para-hydroxylation sites is 1. The van der Waals surface area contributed by atoms with E-state index in [1.807, 2.05) is 24.3 Å². The Labute approximate surface area is 146 Å². The van der Waals surface area contributed by atoms with E-state index in [2.05, 4.69) is 0 Å². The number of benzene rings is 2. The monoisotopic (exact) mass is 362 g/mol. The molecular formula is C18H19FN2O3S. The molecule has 5 nitrogen and oxygen atoms in total. The number of nitrogens with zero attached hydrogens (tertiary/aromatic N) is 2. The third-order valence-electron chi connectivity index (χ3n) is 4.30. The van der Waals surface area contributed by atoms with Crippen molar-refractivity contribution < 1.29 is 17.6 Å². The van der Waals surface area contributed by atoms with Gasteiger partial charge in [-0.25, -0.2) is 12.8 Å². The summed E-state index contributed by atoms with van der Waals surface area (Å²) in [6.45, 7) is 2.07. The lowest BCUT2D eigenvalue weighted by molar-refractivity contribution is -0.119. The molecular weight excluding hydrogens is 343 g/mol. The van der Waals surface area contributed by atoms with Gasteiger partial charge in [0.25, 0.3) is 5.91 Å². The molecule has 25 heavy (non-hydrogen) atoms. The highest BCUT2D eigenvalue weighted by molar-refractivity contribution is 7.92. The van der Waals surface area contributed by atoms with Gasteiger partial charge in [-0.2, -0.15) is 0 Å². The molecule has 3 rings (SSSR count). The van der Waals surface area contributed by atoms with Gasteiger partial charge in [0.05, 0.1) is 11.9 Å². The van der Waals surface area contributed by atoms with E-state index >= 15 is 0 Å². The minimum Gasteiger partial charge on any atom is -0.310 e. The lowest BCUT2D eigenvalue weighted by Gasteiger charge is -2.31. The molecule has 1 atom stereocenters. The Balaban J connectivity index is 1.95. The molecule has 2 aromatic rings. The van der Waals surface area contributed by atoms with Gasteiger partial charge < -0.3 is 4.90 Å². The molecule has 1 heterocycles. The smallest absolute Gasteiger partial charge is 0.250 e. The number of hydrogen-bond acceptors (Lipinski definition) is 3. The number of fused-ring (bicyclic) bond motifs is 1. The highest BCUT2D eigenvalue weighted by Gasteiger charge is 2.34. The third-order valence-corrected chi connectivity index (χ3v) is 5.54. The van der Waals surface area contributed by atoms with Crippen LogP contribution in [-0.4, -0.2) is 33.2 Å². The zero-order valence-corrected chi connectivity index (χ0v) is 14.8. The first kappa shape index (κ1) is 17.4. The van der Waals surface area contributed by atoms with Crippen molar-refractivity contribution in [1.82, 2.24) is 0 Å². The summed E-state index contributed by atoms with van der Waals surface area (Å²) in [5, 5.41) is 0. The largest absolute Gasteiger partial charge is 0.310 e. The Hall–Kier alpha value is -2.41. The molecule has 0 saturated heterocycles. The Bertz CT molecular complexity index is 897. The molecule has 0 spiro atoms. The van der Waals surface area contributed by atoms with E-state index in [9.17, 15) is 17.6 Å². The number of halogens is 1. The Morgan fingerprint density at radius 2 is 1.80 bits per heavy atom. The minimum absolute atomic E-state index is 0.261. The summed E-state index contributed by atoms with van der Waals surface area (Å²) in [5.41, 5.74) is 2.14. The maximum Gasteiger partial charge on any atom is 0.250 e. The van der Waals surface area contributed by atoms with Gasteiger partial charge >= 0.3 is 0 Å². The zero-order valence-electron chi connectivity index (χ0n) is 14.0. The van der Waals surface area contributed by atoms with Crippen molar-refractivity contribution in [3.63, 3.8) is 0 Å². The van der Waals surface area contributed by atoms with Crippen molar-refractivity contribution in [3.05, 3.63) is 59.9 Å². The van der Waals surface area contributed by atoms with E-state index in [0.717, 1.165) is 28.2 Å². The van der Waals surface area contributed by atoms with Crippen LogP contribution in [0, 0.1) is 5.82 Å². The molecule has 1 amide bonds. The first-order valence-corrected chi connectivity index (χ1v) is 9.78. The summed E-state index contributed by atoms with van der Waals surface area (Å²) in [4.78, 5) is 14.6. The second-order valence-corrected chi connectivity index (χ2v) is 7.94. The van der Waals surface area contributed by atoms with E-state index < -0.39 is 21.9 Å². The maximum absolute atomic E-state index is 13.2. The number of carbonyl (C=O) groups excluding carboxylic acids is 1. The van der Waals surface area contributed by atoms with Crippen LogP contribution in [0.15, 0.2) is 48.5 Å². The number of hydrogen-bond donors (Lipinski definition) is 0. The van der Waals surface area contributed by atoms with E-state index in [-0.39, 0.29) is 11.6 Å². The minimum atomic E-state index is -3.72. The van der Waals surface area contributed by atoms with Crippen LogP contribution in [0.4, 0.5) is 15.8 Å². The number of carbonyl (C=O) groups is 1. The van der Waals surface area contributed by atoms with E-state index in [4.69, 9.17) is 0 Å². The SMILES string of the molecule is C[C@H](C(=O)N1CCc2ccccc21)N(c1ccc(F)cc1)S(C)(=O)=O. The van der Waals surface area contributed by atoms with Crippen LogP contribution in [0.2, 0.25) is 0 Å². The lowest BCUT2D eigenvalue weighted by Crippen LogP contribution is -2.49. The van der Waals surface area contributed by atoms with Gasteiger partial charge in [0, 0.05) is 12.2 Å². The second kappa shape index (κ2) is 6.48. The highest BCUT2D eigenvalue weighted by atomic mass is 32.2. The quantitative estimate of drug-likeness (QED) is 0.840. The molecule has 0 bridgehead atoms. The standard InChI is InChI=1S/C18H19FN2O3S/c1-13(18(22)20-12-11-14-5-3-4-6-17(14)20)21(25(2,23)24)16-9-7-15(19)8-10-16/h3-10,13H,11-12H2,1-2H3/t13-/m1/s1. The van der Waals surface area contributed by atoms with E-state index in [0.29, 0.717) is 6.54 Å². The van der Waals surface area contributed by atoms with Crippen LogP contribution in [-0.2, 0) is 21.2 Å². The summed E-state index contributed by atoms with van der Waals surface area (Å²) in [5.74, 6) is -0.774. The average molecular weight is 362 g/mol. The summed E-state index contributed by atoms with van der Waals surface area (Å²) in [7, 11) is -3.72. The second-order valence-electron chi connectivity index (χ2n) is 6.08. The molecule has 0 saturated carbocycles. The molecule has 7 heteroatoms. The molecule has 0 radical (unpaired) electrons. The Morgan fingerprint density at radius 3 is 2.44 bits per heavy atom. The molecule has 0 N–H and O–H groups in total. The predicted molar refractivity (Wildman–Crippen MR) is 95.7 cm³/mol. The van der Waals surface area contributed by atoms with Gasteiger partial charge in [0.1, 0.15) is 11.9 Å². The number of sulfonamides is 1. The van der Waals surface area contributed by atoms with Crippen molar-refractivity contribution in [2.45, 2.75) is 19.4 Å². The summed E-state index contributed by atoms with van der Waals surface area (Å²) in [6.07, 6.45) is 1.78. The molecule has 0 aromatic heterocycles. The topological polar surface area (TPSA) is 57.7 Å². The van der Waals surface area contributed by atoms with Crippen molar-refractivity contribution in [1.29, 1.82) is 0 Å². The Kier molecular flexibility index (Phi) is 4.51. The van der Waals surface area contributed by atoms with Gasteiger partial charge in [0.15, 0.2) is 0 Å². The molecule has 132 valence electrons. The molecule has 1 aliphatic rings. The van der Waals surface area contributed by atoms with Crippen molar-refractivity contribution in [3.8, 4) is 0 Å². The van der Waals surface area contributed by atoms with Crippen LogP contribution >= 0.6 is 0 Å². The summed E-state index contributed by atoms with van der Waals surface area (Å²) < 4.78 is 38.8. The van der Waals surface area contributed by atoms with Crippen LogP contribution in [0.3, 0.4) is 0 Å². The van der Waals surface area contributed by atoms with Crippen LogP contribution in [0.1, 0.15) is 12.5 Å². The van der Waals surface area contributed by atoms with E-state index in [1.165, 1.54) is 24.3 Å². The van der Waals surface area contributed by atoms with Gasteiger partial charge in [-0.15, -0.1) is 0 Å². The van der Waals surface area contributed by atoms with Gasteiger partial charge in [-0.3, -0.25) is 9.10 Å². The first-order valence-electron chi connectivity index (χ1n) is 7.93. The first-order chi connectivity index (χ1) is 11.8. The highest BCUT2D eigenvalue weighted by Crippen LogP contribution is 2.30. The molecule has 0 unspecified atom stereocenters. The van der Waals surface area contributed by atoms with Gasteiger partial charge in [0.2, 0.25) is 10.0 Å². The average Bonchev–Trinajstić information content (AvgIpc) is 2.99. The molecule has 1 aliphatic heterocycles. The van der Waals surface area contributed by atoms with Gasteiger partial charge in [-0.1, -0.05) is 18.2 Å². The van der Waals surface area contributed by atoms with E-state index in [1.54, 1.807) is 11.8 Å². The predicted octanol–water partition coefficient (Wildman–Crippen LogP) is 2.57. The summed E-state index contributed by atoms with van der Waals surface area (Å²) in [6, 6.07) is 11.7. The fourth-order valence-electron chi connectivity index (χ4n) is 3.18. The van der Waals surface area contributed by atoms with Gasteiger partial charge in [-0.05, 0) is 49.2 Å². The molecule has 2 aromatic carbocycles. The summed E-state index contributed by atoms with van der Waals surface area (Å²) >= 11 is 0. The molecule has 0 fully saturated rings. The lowest BCUT2D eigenvalue weighted by atomic mass is 10.2. The van der Waals surface area contributed by atoms with Crippen molar-refractivity contribution in [2.75, 3.05) is 22.0 Å². The third kappa shape index (κ3) is 3.37. The van der Waals surface area contributed by atoms with Crippen LogP contribution < -0.4 is 9.21 Å². The number of amides is 1. The number of anilines is 2. The zero-order chi connectivity index (χ0) is 18.2. The van der Waals surface area contributed by atoms with Crippen LogP contribution in [0.5, 0.6) is 0 Å². The maximum atomic E-state index is 13.2. The molecule has 0 aliphatic carbocycles.